The van der Waals surface area contributed by atoms with Crippen LogP contribution in [0, 0.1) is 0 Å². The second-order valence-electron chi connectivity index (χ2n) is 2.88. The van der Waals surface area contributed by atoms with Gasteiger partial charge in [-0.15, -0.1) is 0 Å². The Balaban J connectivity index is 0.000000252. The Morgan fingerprint density at radius 3 is 1.23 bits per heavy atom. The van der Waals surface area contributed by atoms with Gasteiger partial charge in [0.15, 0.2) is 0 Å². The van der Waals surface area contributed by atoms with E-state index in [1.165, 1.54) is 12.8 Å². The summed E-state index contributed by atoms with van der Waals surface area (Å²) in [5, 5.41) is 0. The van der Waals surface area contributed by atoms with Crippen LogP contribution in [0.2, 0.25) is 0 Å². The molecule has 0 unspecified atom stereocenters. The molecule has 1 rings (SSSR count). The first kappa shape index (κ1) is 14.8. The monoisotopic (exact) mass is 449 g/mol. The van der Waals surface area contributed by atoms with Gasteiger partial charge in [-0.05, 0) is 12.8 Å². The Hall–Kier alpha value is 1.77. The normalized spacial score (nSPS) is 30.3. The maximum absolute atomic E-state index is 5.65. The standard InChI is InChI=1S/C6H14N2.4ClH.Pt/c7-5-3-1-2-4-6(5)8;;;;;/h5-6H,1-4,7-8H2;4*1H;/q;;;;;+4/p-4/t5-,6-;;;;;/m0...../s1. The van der Waals surface area contributed by atoms with E-state index in [4.69, 9.17) is 49.1 Å². The van der Waals surface area contributed by atoms with Gasteiger partial charge in [-0.2, -0.15) is 0 Å². The SMILES string of the molecule is N[C@H]1CCCC[C@@H]1N.[Cl][Pt]([Cl])([Cl])[Cl]. The van der Waals surface area contributed by atoms with E-state index in [0.717, 1.165) is 12.8 Å². The van der Waals surface area contributed by atoms with Crippen LogP contribution in [0.5, 0.6) is 0 Å². The van der Waals surface area contributed by atoms with E-state index in [1.807, 2.05) is 0 Å². The molecule has 86 valence electrons. The Bertz CT molecular complexity index is 125. The molecule has 1 saturated carbocycles. The molecule has 13 heavy (non-hydrogen) atoms. The fraction of sp³-hybridized carbons (Fsp3) is 1.00. The van der Waals surface area contributed by atoms with Gasteiger partial charge in [-0.3, -0.25) is 0 Å². The molecule has 0 radical (unpaired) electrons. The Kier molecular flexibility index (Phi) is 8.08. The first-order valence-corrected chi connectivity index (χ1v) is 15.1. The summed E-state index contributed by atoms with van der Waals surface area (Å²) in [6.45, 7) is 0. The molecule has 1 fully saturated rings. The number of halogens is 4. The summed E-state index contributed by atoms with van der Waals surface area (Å²) >= 11 is -3.06. The summed E-state index contributed by atoms with van der Waals surface area (Å²) in [4.78, 5) is 0. The molecule has 2 atom stereocenters. The zero-order valence-corrected chi connectivity index (χ0v) is 12.3. The third-order valence-electron chi connectivity index (χ3n) is 1.87. The van der Waals surface area contributed by atoms with Crippen LogP contribution in [-0.4, -0.2) is 12.1 Å². The molecule has 4 N–H and O–H groups in total. The van der Waals surface area contributed by atoms with E-state index in [1.54, 1.807) is 0 Å². The summed E-state index contributed by atoms with van der Waals surface area (Å²) < 4.78 is 0. The number of hydrogen-bond donors (Lipinski definition) is 2. The summed E-state index contributed by atoms with van der Waals surface area (Å²) in [5.74, 6) is 0. The number of rotatable bonds is 0. The molecular formula is C6H14Cl4N2Pt. The van der Waals surface area contributed by atoms with Crippen LogP contribution >= 0.6 is 37.7 Å². The fourth-order valence-corrected chi connectivity index (χ4v) is 1.19. The zero-order chi connectivity index (χ0) is 10.5. The summed E-state index contributed by atoms with van der Waals surface area (Å²) in [6.07, 6.45) is 4.80. The minimum atomic E-state index is -3.06. The van der Waals surface area contributed by atoms with Gasteiger partial charge in [-0.1, -0.05) is 12.8 Å². The molecule has 1 aliphatic carbocycles. The van der Waals surface area contributed by atoms with Crippen molar-refractivity contribution in [3.05, 3.63) is 0 Å². The number of nitrogens with two attached hydrogens (primary N) is 2. The van der Waals surface area contributed by atoms with Gasteiger partial charge in [0.25, 0.3) is 0 Å². The van der Waals surface area contributed by atoms with E-state index < -0.39 is 11.9 Å². The fourth-order valence-electron chi connectivity index (χ4n) is 1.19. The van der Waals surface area contributed by atoms with E-state index in [2.05, 4.69) is 0 Å². The molecule has 0 aliphatic heterocycles. The van der Waals surface area contributed by atoms with Gasteiger partial charge in [-0.25, -0.2) is 0 Å². The Morgan fingerprint density at radius 2 is 1.08 bits per heavy atom. The van der Waals surface area contributed by atoms with Crippen LogP contribution in [0.3, 0.4) is 0 Å². The Morgan fingerprint density at radius 1 is 0.846 bits per heavy atom. The Labute approximate surface area is 98.1 Å². The zero-order valence-electron chi connectivity index (χ0n) is 6.97. The molecule has 1 aliphatic rings. The van der Waals surface area contributed by atoms with Crippen LogP contribution in [0.25, 0.3) is 0 Å². The summed E-state index contributed by atoms with van der Waals surface area (Å²) in [5.41, 5.74) is 11.3. The van der Waals surface area contributed by atoms with Crippen molar-refractivity contribution in [3.8, 4) is 0 Å². The van der Waals surface area contributed by atoms with Crippen molar-refractivity contribution in [2.45, 2.75) is 37.8 Å². The van der Waals surface area contributed by atoms with Crippen molar-refractivity contribution in [2.24, 2.45) is 11.5 Å². The molecule has 7 heteroatoms. The molecule has 0 saturated heterocycles. The molecule has 0 aromatic carbocycles. The topological polar surface area (TPSA) is 52.0 Å². The summed E-state index contributed by atoms with van der Waals surface area (Å²) in [6, 6.07) is 0.562. The number of hydrogen-bond acceptors (Lipinski definition) is 2. The van der Waals surface area contributed by atoms with Crippen molar-refractivity contribution in [1.82, 2.24) is 0 Å². The molecule has 0 bridgehead atoms. The molecule has 0 heterocycles. The minimum absolute atomic E-state index is 0.281. The van der Waals surface area contributed by atoms with E-state index in [9.17, 15) is 0 Å². The summed E-state index contributed by atoms with van der Waals surface area (Å²) in [7, 11) is 20.0. The molecular weight excluding hydrogens is 437 g/mol. The van der Waals surface area contributed by atoms with Gasteiger partial charge in [0, 0.05) is 12.1 Å². The van der Waals surface area contributed by atoms with Crippen molar-refractivity contribution < 1.29 is 11.9 Å². The van der Waals surface area contributed by atoms with Crippen molar-refractivity contribution in [1.29, 1.82) is 0 Å². The van der Waals surface area contributed by atoms with Crippen LogP contribution in [0.1, 0.15) is 25.7 Å². The van der Waals surface area contributed by atoms with Crippen LogP contribution in [0.15, 0.2) is 0 Å². The second-order valence-corrected chi connectivity index (χ2v) is 22.6. The van der Waals surface area contributed by atoms with Gasteiger partial charge < -0.3 is 11.5 Å². The van der Waals surface area contributed by atoms with E-state index in [-0.39, 0.29) is 12.1 Å². The van der Waals surface area contributed by atoms with Crippen molar-refractivity contribution in [3.63, 3.8) is 0 Å². The van der Waals surface area contributed by atoms with Gasteiger partial charge in [0.05, 0.1) is 0 Å². The van der Waals surface area contributed by atoms with Crippen LogP contribution in [0.4, 0.5) is 0 Å². The third kappa shape index (κ3) is 11.7. The van der Waals surface area contributed by atoms with Gasteiger partial charge in [0.2, 0.25) is 0 Å². The second kappa shape index (κ2) is 7.11. The molecule has 0 aromatic heterocycles. The molecule has 0 spiro atoms. The average molecular weight is 451 g/mol. The average Bonchev–Trinajstić information content (AvgIpc) is 1.92. The quantitative estimate of drug-likeness (QED) is 0.596. The van der Waals surface area contributed by atoms with E-state index >= 15 is 0 Å². The maximum atomic E-state index is 5.65. The van der Waals surface area contributed by atoms with Crippen molar-refractivity contribution >= 4 is 37.7 Å². The van der Waals surface area contributed by atoms with E-state index in [0.29, 0.717) is 0 Å². The first-order valence-electron chi connectivity index (χ1n) is 3.79. The predicted molar refractivity (Wildman–Crippen MR) is 57.8 cm³/mol. The molecule has 2 nitrogen and oxygen atoms in total. The first-order chi connectivity index (χ1) is 5.80. The van der Waals surface area contributed by atoms with Crippen molar-refractivity contribution in [2.75, 3.05) is 0 Å². The molecule has 0 aromatic rings. The van der Waals surface area contributed by atoms with Gasteiger partial charge >= 0.3 is 49.6 Å². The predicted octanol–water partition coefficient (Wildman–Crippen LogP) is 2.97. The third-order valence-corrected chi connectivity index (χ3v) is 1.87. The van der Waals surface area contributed by atoms with Crippen LogP contribution in [-0.2, 0) is 11.9 Å². The van der Waals surface area contributed by atoms with Crippen LogP contribution < -0.4 is 11.5 Å². The molecule has 0 amide bonds. The van der Waals surface area contributed by atoms with Gasteiger partial charge in [0.1, 0.15) is 0 Å².